The van der Waals surface area contributed by atoms with Crippen molar-refractivity contribution in [3.05, 3.63) is 28.2 Å². The molecule has 2 N–H and O–H groups in total. The first-order valence-electron chi connectivity index (χ1n) is 5.42. The Morgan fingerprint density at radius 2 is 2.20 bits per heavy atom. The first kappa shape index (κ1) is 14.6. The van der Waals surface area contributed by atoms with Crippen molar-refractivity contribution in [1.29, 1.82) is 0 Å². The molecular formula is C10H11N3O5S2. The van der Waals surface area contributed by atoms with Gasteiger partial charge in [-0.2, -0.15) is 4.98 Å². The molecule has 108 valence electrons. The first-order chi connectivity index (χ1) is 9.29. The molecule has 10 heteroatoms. The summed E-state index contributed by atoms with van der Waals surface area (Å²) < 4.78 is 31.0. The summed E-state index contributed by atoms with van der Waals surface area (Å²) >= 11 is 0.701. The van der Waals surface area contributed by atoms with Crippen molar-refractivity contribution >= 4 is 27.3 Å². The number of hydrogen-bond acceptors (Lipinski definition) is 7. The zero-order chi connectivity index (χ0) is 14.9. The molecule has 0 aliphatic heterocycles. The van der Waals surface area contributed by atoms with Gasteiger partial charge in [-0.05, 0) is 18.6 Å². The van der Waals surface area contributed by atoms with Crippen LogP contribution in [0.3, 0.4) is 0 Å². The monoisotopic (exact) mass is 317 g/mol. The van der Waals surface area contributed by atoms with Gasteiger partial charge in [-0.1, -0.05) is 5.16 Å². The highest BCUT2D eigenvalue weighted by Crippen LogP contribution is 2.25. The summed E-state index contributed by atoms with van der Waals surface area (Å²) in [5, 5.41) is 12.5. The predicted octanol–water partition coefficient (Wildman–Crippen LogP) is 0.925. The molecule has 8 nitrogen and oxygen atoms in total. The van der Waals surface area contributed by atoms with Gasteiger partial charge in [0.05, 0.1) is 6.54 Å². The summed E-state index contributed by atoms with van der Waals surface area (Å²) in [6.07, 6.45) is 0. The van der Waals surface area contributed by atoms with E-state index in [-0.39, 0.29) is 21.5 Å². The molecule has 2 aromatic heterocycles. The van der Waals surface area contributed by atoms with Crippen LogP contribution in [0.5, 0.6) is 0 Å². The number of carboxylic acids is 1. The molecule has 0 saturated heterocycles. The largest absolute Gasteiger partial charge is 0.477 e. The van der Waals surface area contributed by atoms with Gasteiger partial charge in [0, 0.05) is 6.92 Å². The number of aryl methyl sites for hydroxylation is 2. The van der Waals surface area contributed by atoms with Crippen LogP contribution in [0.4, 0.5) is 0 Å². The third-order valence-corrected chi connectivity index (χ3v) is 5.44. The number of aromatic nitrogens is 2. The van der Waals surface area contributed by atoms with E-state index < -0.39 is 16.0 Å². The van der Waals surface area contributed by atoms with Crippen LogP contribution < -0.4 is 4.72 Å². The molecule has 0 atom stereocenters. The van der Waals surface area contributed by atoms with E-state index in [1.807, 2.05) is 0 Å². The highest BCUT2D eigenvalue weighted by molar-refractivity contribution is 7.91. The summed E-state index contributed by atoms with van der Waals surface area (Å²) in [6.45, 7) is 3.01. The number of rotatable bonds is 5. The summed E-state index contributed by atoms with van der Waals surface area (Å²) in [6, 6.07) is 1.32. The van der Waals surface area contributed by atoms with E-state index in [9.17, 15) is 13.2 Å². The lowest BCUT2D eigenvalue weighted by Crippen LogP contribution is -2.23. The van der Waals surface area contributed by atoms with Crippen molar-refractivity contribution < 1.29 is 22.8 Å². The van der Waals surface area contributed by atoms with E-state index in [1.54, 1.807) is 13.8 Å². The summed E-state index contributed by atoms with van der Waals surface area (Å²) in [7, 11) is -3.80. The normalized spacial score (nSPS) is 11.7. The maximum atomic E-state index is 12.0. The van der Waals surface area contributed by atoms with Crippen molar-refractivity contribution in [3.63, 3.8) is 0 Å². The Morgan fingerprint density at radius 1 is 1.50 bits per heavy atom. The summed E-state index contributed by atoms with van der Waals surface area (Å²) in [5.74, 6) is -0.611. The van der Waals surface area contributed by atoms with E-state index in [2.05, 4.69) is 14.9 Å². The fourth-order valence-electron chi connectivity index (χ4n) is 1.44. The van der Waals surface area contributed by atoms with Gasteiger partial charge in [0.2, 0.25) is 15.9 Å². The third-order valence-electron chi connectivity index (χ3n) is 2.34. The van der Waals surface area contributed by atoms with Gasteiger partial charge < -0.3 is 9.63 Å². The molecule has 0 unspecified atom stereocenters. The van der Waals surface area contributed by atoms with E-state index >= 15 is 0 Å². The lowest BCUT2D eigenvalue weighted by Gasteiger charge is -2.00. The minimum Gasteiger partial charge on any atom is -0.477 e. The van der Waals surface area contributed by atoms with Crippen molar-refractivity contribution in [1.82, 2.24) is 14.9 Å². The smallest absolute Gasteiger partial charge is 0.346 e. The highest BCUT2D eigenvalue weighted by Gasteiger charge is 2.22. The van der Waals surface area contributed by atoms with Gasteiger partial charge in [-0.3, -0.25) is 0 Å². The molecule has 0 radical (unpaired) electrons. The third kappa shape index (κ3) is 3.03. The van der Waals surface area contributed by atoms with Crippen LogP contribution in [0.1, 0.15) is 27.0 Å². The summed E-state index contributed by atoms with van der Waals surface area (Å²) in [5.41, 5.74) is 0.401. The number of hydrogen-bond donors (Lipinski definition) is 2. The van der Waals surface area contributed by atoms with Gasteiger partial charge in [0.1, 0.15) is 9.09 Å². The van der Waals surface area contributed by atoms with Crippen LogP contribution in [0.15, 0.2) is 14.8 Å². The highest BCUT2D eigenvalue weighted by atomic mass is 32.2. The first-order valence-corrected chi connectivity index (χ1v) is 7.72. The van der Waals surface area contributed by atoms with Crippen LogP contribution in [-0.4, -0.2) is 29.6 Å². The Bertz CT molecular complexity index is 747. The molecule has 0 amide bonds. The minimum atomic E-state index is -3.80. The van der Waals surface area contributed by atoms with Gasteiger partial charge >= 0.3 is 5.97 Å². The van der Waals surface area contributed by atoms with Gasteiger partial charge in [0.25, 0.3) is 0 Å². The fourth-order valence-corrected chi connectivity index (χ4v) is 3.84. The number of nitrogens with zero attached hydrogens (tertiary/aromatic N) is 2. The van der Waals surface area contributed by atoms with Crippen molar-refractivity contribution in [2.45, 2.75) is 24.6 Å². The average Bonchev–Trinajstić information content (AvgIpc) is 2.93. The number of carboxylic acid groups (broad SMARTS) is 1. The van der Waals surface area contributed by atoms with Crippen LogP contribution in [0, 0.1) is 13.8 Å². The molecule has 0 spiro atoms. The zero-order valence-electron chi connectivity index (χ0n) is 10.6. The van der Waals surface area contributed by atoms with Crippen LogP contribution in [0.2, 0.25) is 0 Å². The Morgan fingerprint density at radius 3 is 2.70 bits per heavy atom. The fraction of sp³-hybridized carbons (Fsp3) is 0.300. The topological polar surface area (TPSA) is 122 Å². The number of nitrogens with one attached hydrogen (secondary N) is 1. The Labute approximate surface area is 118 Å². The van der Waals surface area contributed by atoms with Crippen LogP contribution in [0.25, 0.3) is 0 Å². The van der Waals surface area contributed by atoms with Crippen molar-refractivity contribution in [2.24, 2.45) is 0 Å². The Hall–Kier alpha value is -1.78. The maximum Gasteiger partial charge on any atom is 0.346 e. The zero-order valence-corrected chi connectivity index (χ0v) is 12.2. The second-order valence-electron chi connectivity index (χ2n) is 3.94. The molecule has 0 aromatic carbocycles. The van der Waals surface area contributed by atoms with E-state index in [4.69, 9.17) is 9.63 Å². The van der Waals surface area contributed by atoms with Gasteiger partial charge in [0.15, 0.2) is 5.82 Å². The second kappa shape index (κ2) is 5.31. The number of thiophene rings is 1. The number of aromatic carboxylic acids is 1. The lowest BCUT2D eigenvalue weighted by molar-refractivity contribution is 0.0701. The average molecular weight is 317 g/mol. The molecule has 2 heterocycles. The SMILES string of the molecule is Cc1nc(CNS(=O)(=O)c2cc(C)c(C(=O)O)s2)no1. The molecule has 0 bridgehead atoms. The molecular weight excluding hydrogens is 306 g/mol. The maximum absolute atomic E-state index is 12.0. The Kier molecular flexibility index (Phi) is 3.88. The van der Waals surface area contributed by atoms with E-state index in [1.165, 1.54) is 6.07 Å². The molecule has 2 aromatic rings. The molecule has 0 aliphatic carbocycles. The molecule has 0 saturated carbocycles. The van der Waals surface area contributed by atoms with Gasteiger partial charge in [-0.25, -0.2) is 17.9 Å². The quantitative estimate of drug-likeness (QED) is 0.840. The molecule has 2 rings (SSSR count). The van der Waals surface area contributed by atoms with E-state index in [0.29, 0.717) is 22.8 Å². The van der Waals surface area contributed by atoms with E-state index in [0.717, 1.165) is 0 Å². The second-order valence-corrected chi connectivity index (χ2v) is 6.98. The van der Waals surface area contributed by atoms with Crippen LogP contribution >= 0.6 is 11.3 Å². The Balaban J connectivity index is 2.18. The minimum absolute atomic E-state index is 0.000723. The predicted molar refractivity (Wildman–Crippen MR) is 69.1 cm³/mol. The standard InChI is InChI=1S/C10H11N3O5S2/c1-5-3-8(19-9(5)10(14)15)20(16,17)11-4-7-12-6(2)18-13-7/h3,11H,4H2,1-2H3,(H,14,15). The summed E-state index contributed by atoms with van der Waals surface area (Å²) in [4.78, 5) is 14.8. The van der Waals surface area contributed by atoms with Crippen LogP contribution in [-0.2, 0) is 16.6 Å². The lowest BCUT2D eigenvalue weighted by atomic mass is 10.3. The molecule has 0 aliphatic rings. The van der Waals surface area contributed by atoms with Gasteiger partial charge in [-0.15, -0.1) is 11.3 Å². The number of carbonyl (C=O) groups is 1. The van der Waals surface area contributed by atoms with Crippen molar-refractivity contribution in [2.75, 3.05) is 0 Å². The molecule has 20 heavy (non-hydrogen) atoms. The van der Waals surface area contributed by atoms with Crippen molar-refractivity contribution in [3.8, 4) is 0 Å². The molecule has 0 fully saturated rings. The number of sulfonamides is 1.